The topological polar surface area (TPSA) is 9.23 Å². The molecule has 0 atom stereocenters. The van der Waals surface area contributed by atoms with E-state index in [0.29, 0.717) is 0 Å². The first-order valence-corrected chi connectivity index (χ1v) is 12.1. The van der Waals surface area contributed by atoms with Crippen molar-refractivity contribution in [2.75, 3.05) is 6.61 Å². The zero-order valence-electron chi connectivity index (χ0n) is 20.1. The third-order valence-corrected chi connectivity index (χ3v) is 7.24. The van der Waals surface area contributed by atoms with E-state index in [1.807, 2.05) is 0 Å². The minimum atomic E-state index is 0.237. The van der Waals surface area contributed by atoms with E-state index in [2.05, 4.69) is 89.2 Å². The van der Waals surface area contributed by atoms with Crippen molar-refractivity contribution in [3.8, 4) is 16.9 Å². The lowest BCUT2D eigenvalue weighted by molar-refractivity contribution is 0.305. The van der Waals surface area contributed by atoms with Crippen molar-refractivity contribution in [2.45, 2.75) is 84.0 Å². The zero-order chi connectivity index (χ0) is 22.1. The van der Waals surface area contributed by atoms with Gasteiger partial charge in [0.1, 0.15) is 5.75 Å². The summed E-state index contributed by atoms with van der Waals surface area (Å²) < 4.78 is 6.03. The van der Waals surface area contributed by atoms with E-state index in [9.17, 15) is 0 Å². The van der Waals surface area contributed by atoms with Crippen molar-refractivity contribution in [1.82, 2.24) is 0 Å². The second-order valence-corrected chi connectivity index (χ2v) is 10.7. The van der Waals surface area contributed by atoms with Gasteiger partial charge in [0.2, 0.25) is 0 Å². The molecule has 1 heteroatoms. The molecule has 0 heterocycles. The smallest absolute Gasteiger partial charge is 0.119 e. The van der Waals surface area contributed by atoms with Gasteiger partial charge in [-0.15, -0.1) is 0 Å². The largest absolute Gasteiger partial charge is 0.494 e. The molecule has 0 aliphatic heterocycles. The van der Waals surface area contributed by atoms with Gasteiger partial charge >= 0.3 is 0 Å². The Balaban J connectivity index is 1.63. The highest BCUT2D eigenvalue weighted by molar-refractivity contribution is 5.89. The number of benzene rings is 3. The molecule has 0 spiro atoms. The van der Waals surface area contributed by atoms with Gasteiger partial charge in [0.25, 0.3) is 0 Å². The quantitative estimate of drug-likeness (QED) is 0.351. The maximum absolute atomic E-state index is 6.03. The van der Waals surface area contributed by atoms with Gasteiger partial charge in [0.05, 0.1) is 6.61 Å². The molecule has 0 aromatic heterocycles. The van der Waals surface area contributed by atoms with Crippen LogP contribution in [0.4, 0.5) is 0 Å². The van der Waals surface area contributed by atoms with E-state index in [1.54, 1.807) is 0 Å². The lowest BCUT2D eigenvalue weighted by Crippen LogP contribution is -2.33. The second-order valence-electron chi connectivity index (χ2n) is 10.7. The van der Waals surface area contributed by atoms with Crippen molar-refractivity contribution < 1.29 is 4.74 Å². The summed E-state index contributed by atoms with van der Waals surface area (Å²) in [7, 11) is 0. The fraction of sp³-hybridized carbons (Fsp3) is 0.467. The van der Waals surface area contributed by atoms with Gasteiger partial charge in [-0.05, 0) is 81.3 Å². The number of hydrogen-bond acceptors (Lipinski definition) is 1. The average molecular weight is 415 g/mol. The molecule has 0 saturated heterocycles. The van der Waals surface area contributed by atoms with E-state index in [0.717, 1.165) is 18.8 Å². The number of ether oxygens (including phenoxy) is 1. The summed E-state index contributed by atoms with van der Waals surface area (Å²) in [4.78, 5) is 0. The molecule has 0 fully saturated rings. The molecule has 0 N–H and O–H groups in total. The van der Waals surface area contributed by atoms with Crippen LogP contribution in [0.2, 0.25) is 0 Å². The number of unbranched alkanes of at least 4 members (excludes halogenated alkanes) is 3. The fourth-order valence-corrected chi connectivity index (χ4v) is 4.98. The molecule has 31 heavy (non-hydrogen) atoms. The first kappa shape index (κ1) is 21.9. The highest BCUT2D eigenvalue weighted by Gasteiger charge is 2.37. The van der Waals surface area contributed by atoms with E-state index < -0.39 is 0 Å². The Hall–Kier alpha value is -2.28. The predicted octanol–water partition coefficient (Wildman–Crippen LogP) is 8.81. The summed E-state index contributed by atoms with van der Waals surface area (Å²) in [6, 6.07) is 20.4. The fourth-order valence-electron chi connectivity index (χ4n) is 4.98. The Bertz CT molecular complexity index is 1060. The van der Waals surface area contributed by atoms with Gasteiger partial charge in [-0.2, -0.15) is 0 Å². The molecule has 0 radical (unpaired) electrons. The Morgan fingerprint density at radius 1 is 0.710 bits per heavy atom. The summed E-state index contributed by atoms with van der Waals surface area (Å²) >= 11 is 0. The Morgan fingerprint density at radius 2 is 1.39 bits per heavy atom. The van der Waals surface area contributed by atoms with Crippen LogP contribution in [-0.4, -0.2) is 6.61 Å². The first-order valence-electron chi connectivity index (χ1n) is 12.1. The number of fused-ring (bicyclic) bond motifs is 2. The molecular weight excluding hydrogens is 376 g/mol. The summed E-state index contributed by atoms with van der Waals surface area (Å²) in [5.41, 5.74) is 6.03. The third-order valence-electron chi connectivity index (χ3n) is 7.24. The standard InChI is InChI=1S/C30H38O/c1-6-7-8-9-17-31-26-12-10-11-22(19-26)23-13-14-24-20-27-28(21-25(24)18-23)30(4,5)16-15-29(27,2)3/h10-14,18-21H,6-9,15-17H2,1-5H3. The minimum Gasteiger partial charge on any atom is -0.494 e. The molecule has 3 aromatic rings. The SMILES string of the molecule is CCCCCCOc1cccc(-c2ccc3cc4c(cc3c2)C(C)(C)CCC4(C)C)c1. The molecule has 3 aromatic carbocycles. The Morgan fingerprint density at radius 3 is 2.10 bits per heavy atom. The van der Waals surface area contributed by atoms with E-state index >= 15 is 0 Å². The monoisotopic (exact) mass is 414 g/mol. The summed E-state index contributed by atoms with van der Waals surface area (Å²) in [6.45, 7) is 12.6. The van der Waals surface area contributed by atoms with Crippen LogP contribution < -0.4 is 4.74 Å². The van der Waals surface area contributed by atoms with Crippen LogP contribution in [0.5, 0.6) is 5.75 Å². The van der Waals surface area contributed by atoms with Crippen LogP contribution in [-0.2, 0) is 10.8 Å². The van der Waals surface area contributed by atoms with Crippen molar-refractivity contribution >= 4 is 10.8 Å². The van der Waals surface area contributed by atoms with E-state index in [1.165, 1.54) is 65.1 Å². The molecule has 164 valence electrons. The molecule has 0 amide bonds. The highest BCUT2D eigenvalue weighted by Crippen LogP contribution is 2.47. The average Bonchev–Trinajstić information content (AvgIpc) is 2.76. The van der Waals surface area contributed by atoms with Crippen molar-refractivity contribution in [1.29, 1.82) is 0 Å². The van der Waals surface area contributed by atoms with Crippen molar-refractivity contribution in [3.63, 3.8) is 0 Å². The number of hydrogen-bond donors (Lipinski definition) is 0. The lowest BCUT2D eigenvalue weighted by atomic mass is 9.63. The molecule has 0 saturated carbocycles. The Kier molecular flexibility index (Phi) is 6.15. The van der Waals surface area contributed by atoms with Gasteiger partial charge in [-0.3, -0.25) is 0 Å². The highest BCUT2D eigenvalue weighted by atomic mass is 16.5. The van der Waals surface area contributed by atoms with Crippen LogP contribution in [0.3, 0.4) is 0 Å². The van der Waals surface area contributed by atoms with Crippen LogP contribution in [0.15, 0.2) is 54.6 Å². The maximum atomic E-state index is 6.03. The van der Waals surface area contributed by atoms with Crippen LogP contribution >= 0.6 is 0 Å². The molecular formula is C30H38O. The third kappa shape index (κ3) is 4.66. The summed E-state index contributed by atoms with van der Waals surface area (Å²) in [5, 5.41) is 2.68. The van der Waals surface area contributed by atoms with Gasteiger partial charge in [-0.25, -0.2) is 0 Å². The molecule has 4 rings (SSSR count). The molecule has 1 aliphatic carbocycles. The molecule has 0 unspecified atom stereocenters. The number of rotatable bonds is 7. The summed E-state index contributed by atoms with van der Waals surface area (Å²) in [5.74, 6) is 0.974. The molecule has 1 aliphatic rings. The van der Waals surface area contributed by atoms with Gasteiger partial charge in [0, 0.05) is 0 Å². The van der Waals surface area contributed by atoms with Gasteiger partial charge in [-0.1, -0.05) is 90.3 Å². The van der Waals surface area contributed by atoms with Gasteiger partial charge in [0.15, 0.2) is 0 Å². The van der Waals surface area contributed by atoms with E-state index in [4.69, 9.17) is 4.74 Å². The summed E-state index contributed by atoms with van der Waals surface area (Å²) in [6.07, 6.45) is 7.43. The van der Waals surface area contributed by atoms with Gasteiger partial charge < -0.3 is 4.74 Å². The van der Waals surface area contributed by atoms with Crippen molar-refractivity contribution in [2.24, 2.45) is 0 Å². The molecule has 1 nitrogen and oxygen atoms in total. The predicted molar refractivity (Wildman–Crippen MR) is 134 cm³/mol. The Labute approximate surface area is 188 Å². The van der Waals surface area contributed by atoms with E-state index in [-0.39, 0.29) is 10.8 Å². The zero-order valence-corrected chi connectivity index (χ0v) is 20.1. The van der Waals surface area contributed by atoms with Crippen molar-refractivity contribution in [3.05, 3.63) is 65.7 Å². The molecule has 0 bridgehead atoms. The first-order chi connectivity index (χ1) is 14.8. The maximum Gasteiger partial charge on any atom is 0.119 e. The van der Waals surface area contributed by atoms with Crippen LogP contribution in [0.1, 0.15) is 84.3 Å². The lowest BCUT2D eigenvalue weighted by Gasteiger charge is -2.42. The van der Waals surface area contributed by atoms with Crippen LogP contribution in [0.25, 0.3) is 21.9 Å². The normalized spacial score (nSPS) is 16.8. The minimum absolute atomic E-state index is 0.237. The van der Waals surface area contributed by atoms with Crippen LogP contribution in [0, 0.1) is 0 Å². The second kappa shape index (κ2) is 8.69.